The minimum Gasteiger partial charge on any atom is -0.351 e. The van der Waals surface area contributed by atoms with Gasteiger partial charge in [-0.15, -0.1) is 0 Å². The highest BCUT2D eigenvalue weighted by atomic mass is 31.2. The van der Waals surface area contributed by atoms with Crippen LogP contribution in [0.4, 0.5) is 0 Å². The topological polar surface area (TPSA) is 72.5 Å². The highest BCUT2D eigenvalue weighted by molar-refractivity contribution is 7.54. The Morgan fingerprint density at radius 2 is 1.39 bits per heavy atom. The molecule has 7 nitrogen and oxygen atoms in total. The molecule has 9 heteroatoms. The second kappa shape index (κ2) is 11.6. The van der Waals surface area contributed by atoms with E-state index < -0.39 is 28.1 Å². The summed E-state index contributed by atoms with van der Waals surface area (Å²) in [6.07, 6.45) is 0. The average Bonchev–Trinajstić information content (AvgIpc) is 2.60. The molecule has 0 saturated carbocycles. The van der Waals surface area contributed by atoms with E-state index in [9.17, 15) is 4.57 Å². The van der Waals surface area contributed by atoms with Crippen LogP contribution in [0.5, 0.6) is 0 Å². The van der Waals surface area contributed by atoms with Crippen molar-refractivity contribution in [1.29, 1.82) is 0 Å². The van der Waals surface area contributed by atoms with Gasteiger partial charge in [-0.1, -0.05) is 30.3 Å². The Morgan fingerprint density at radius 3 is 1.79 bits per heavy atom. The lowest BCUT2D eigenvalue weighted by atomic mass is 10.2. The summed E-state index contributed by atoms with van der Waals surface area (Å²) in [7, 11) is -7.36. The van der Waals surface area contributed by atoms with Crippen molar-refractivity contribution in [1.82, 2.24) is 0 Å². The van der Waals surface area contributed by atoms with Gasteiger partial charge in [-0.25, -0.2) is 0 Å². The van der Waals surface area contributed by atoms with Crippen molar-refractivity contribution in [3.63, 3.8) is 0 Å². The molecular weight excluding hydrogens is 399 g/mol. The summed E-state index contributed by atoms with van der Waals surface area (Å²) in [5, 5.41) is 0. The molecule has 162 valence electrons. The molecule has 0 saturated heterocycles. The first-order valence-corrected chi connectivity index (χ1v) is 13.0. The number of hydrogen-bond donors (Lipinski definition) is 0. The van der Waals surface area contributed by atoms with E-state index in [1.807, 2.05) is 71.9 Å². The van der Waals surface area contributed by atoms with Gasteiger partial charge in [-0.3, -0.25) is 4.57 Å². The molecule has 2 atom stereocenters. The highest BCUT2D eigenvalue weighted by Gasteiger charge is 2.53. The third kappa shape index (κ3) is 7.69. The van der Waals surface area contributed by atoms with Gasteiger partial charge in [0.1, 0.15) is 0 Å². The molecule has 2 unspecified atom stereocenters. The van der Waals surface area contributed by atoms with Crippen molar-refractivity contribution in [3.8, 4) is 0 Å². The summed E-state index contributed by atoms with van der Waals surface area (Å²) in [4.78, 5) is 0. The van der Waals surface area contributed by atoms with Crippen LogP contribution in [-0.2, 0) is 31.3 Å². The largest absolute Gasteiger partial charge is 0.680 e. The minimum atomic E-state index is -3.77. The standard InChI is InChI=1S/C19H35O7PSi/c1-8-21-27(20,26-19(5,6)7)18(17-15-13-12-14-16-17)25-28(22-9-2,23-10-3)24-11-4/h12-16,18H,8-11H2,1-7H3. The molecule has 28 heavy (non-hydrogen) atoms. The lowest BCUT2D eigenvalue weighted by Gasteiger charge is -2.36. The second-order valence-corrected chi connectivity index (χ2v) is 10.9. The molecule has 0 N–H and O–H groups in total. The summed E-state index contributed by atoms with van der Waals surface area (Å²) in [5.41, 5.74) is -0.0757. The molecule has 1 aromatic rings. The molecule has 0 aliphatic carbocycles. The van der Waals surface area contributed by atoms with E-state index in [1.165, 1.54) is 0 Å². The first-order valence-electron chi connectivity index (χ1n) is 9.74. The molecule has 0 aliphatic heterocycles. The molecule has 1 aromatic carbocycles. The smallest absolute Gasteiger partial charge is 0.351 e. The summed E-state index contributed by atoms with van der Waals surface area (Å²) < 4.78 is 49.2. The van der Waals surface area contributed by atoms with Gasteiger partial charge in [0.15, 0.2) is 5.85 Å². The molecule has 0 amide bonds. The zero-order chi connectivity index (χ0) is 21.3. The van der Waals surface area contributed by atoms with Gasteiger partial charge in [0.2, 0.25) is 0 Å². The highest BCUT2D eigenvalue weighted by Crippen LogP contribution is 2.64. The maximum absolute atomic E-state index is 13.9. The van der Waals surface area contributed by atoms with Crippen LogP contribution in [-0.4, -0.2) is 41.1 Å². The fraction of sp³-hybridized carbons (Fsp3) is 0.684. The Balaban J connectivity index is 3.47. The fourth-order valence-electron chi connectivity index (χ4n) is 2.53. The molecule has 0 aromatic heterocycles. The Labute approximate surface area is 170 Å². The third-order valence-electron chi connectivity index (χ3n) is 3.30. The number of benzene rings is 1. The predicted octanol–water partition coefficient (Wildman–Crippen LogP) is 5.29. The van der Waals surface area contributed by atoms with Crippen LogP contribution in [0.15, 0.2) is 30.3 Å². The number of hydrogen-bond acceptors (Lipinski definition) is 7. The number of rotatable bonds is 13. The maximum Gasteiger partial charge on any atom is 0.680 e. The summed E-state index contributed by atoms with van der Waals surface area (Å²) in [6, 6.07) is 9.17. The molecule has 0 aliphatic rings. The molecule has 0 radical (unpaired) electrons. The van der Waals surface area contributed by atoms with Crippen LogP contribution in [0.3, 0.4) is 0 Å². The van der Waals surface area contributed by atoms with E-state index >= 15 is 0 Å². The van der Waals surface area contributed by atoms with Crippen LogP contribution in [0.25, 0.3) is 0 Å². The third-order valence-corrected chi connectivity index (χ3v) is 8.35. The van der Waals surface area contributed by atoms with Crippen LogP contribution >= 0.6 is 7.60 Å². The minimum absolute atomic E-state index is 0.201. The van der Waals surface area contributed by atoms with Crippen molar-refractivity contribution in [2.75, 3.05) is 26.4 Å². The maximum atomic E-state index is 13.9. The van der Waals surface area contributed by atoms with Gasteiger partial charge in [0.25, 0.3) is 0 Å². The molecule has 0 spiro atoms. The lowest BCUT2D eigenvalue weighted by Crippen LogP contribution is -2.50. The van der Waals surface area contributed by atoms with E-state index in [2.05, 4.69) is 0 Å². The Morgan fingerprint density at radius 1 is 0.893 bits per heavy atom. The predicted molar refractivity (Wildman–Crippen MR) is 111 cm³/mol. The molecule has 0 fully saturated rings. The van der Waals surface area contributed by atoms with Crippen LogP contribution < -0.4 is 0 Å². The second-order valence-electron chi connectivity index (χ2n) is 6.84. The van der Waals surface area contributed by atoms with E-state index in [0.29, 0.717) is 25.4 Å². The van der Waals surface area contributed by atoms with E-state index in [0.717, 1.165) is 0 Å². The van der Waals surface area contributed by atoms with Gasteiger partial charge in [0, 0.05) is 19.8 Å². The first-order chi connectivity index (χ1) is 13.2. The van der Waals surface area contributed by atoms with Crippen molar-refractivity contribution in [2.24, 2.45) is 0 Å². The SMILES string of the molecule is CCO[Si](OCC)(OCC)OC(c1ccccc1)P(=O)(OCC)OC(C)(C)C. The quantitative estimate of drug-likeness (QED) is 0.308. The normalized spacial score (nSPS) is 16.0. The van der Waals surface area contributed by atoms with Gasteiger partial charge < -0.3 is 26.8 Å². The zero-order valence-corrected chi connectivity index (χ0v) is 20.0. The Hall–Kier alpha value is -0.573. The summed E-state index contributed by atoms with van der Waals surface area (Å²) in [6.45, 7) is 13.9. The molecular formula is C19H35O7PSi. The fourth-order valence-corrected chi connectivity index (χ4v) is 7.30. The lowest BCUT2D eigenvalue weighted by molar-refractivity contribution is -0.0448. The Bertz CT molecular complexity index is 589. The van der Waals surface area contributed by atoms with Crippen LogP contribution in [0.1, 0.15) is 59.9 Å². The van der Waals surface area contributed by atoms with E-state index in [1.54, 1.807) is 6.92 Å². The van der Waals surface area contributed by atoms with Crippen molar-refractivity contribution in [2.45, 2.75) is 59.9 Å². The monoisotopic (exact) mass is 434 g/mol. The first kappa shape index (κ1) is 25.5. The molecule has 0 heterocycles. The Kier molecular flexibility index (Phi) is 10.5. The average molecular weight is 435 g/mol. The van der Waals surface area contributed by atoms with Gasteiger partial charge >= 0.3 is 16.6 Å². The van der Waals surface area contributed by atoms with Crippen LogP contribution in [0.2, 0.25) is 0 Å². The summed E-state index contributed by atoms with van der Waals surface area (Å²) >= 11 is 0. The van der Waals surface area contributed by atoms with Gasteiger partial charge in [-0.2, -0.15) is 0 Å². The van der Waals surface area contributed by atoms with Crippen LogP contribution in [0, 0.1) is 0 Å². The van der Waals surface area contributed by atoms with E-state index in [-0.39, 0.29) is 6.61 Å². The molecule has 0 bridgehead atoms. The zero-order valence-electron chi connectivity index (χ0n) is 18.1. The summed E-state index contributed by atoms with van der Waals surface area (Å²) in [5.74, 6) is -1.05. The van der Waals surface area contributed by atoms with Crippen molar-refractivity contribution >= 4 is 16.6 Å². The van der Waals surface area contributed by atoms with Gasteiger partial charge in [-0.05, 0) is 54.0 Å². The molecule has 1 rings (SSSR count). The van der Waals surface area contributed by atoms with Crippen molar-refractivity contribution in [3.05, 3.63) is 35.9 Å². The van der Waals surface area contributed by atoms with Gasteiger partial charge in [0.05, 0.1) is 12.2 Å². The van der Waals surface area contributed by atoms with Crippen molar-refractivity contribution < 1.29 is 31.3 Å². The van der Waals surface area contributed by atoms with E-state index in [4.69, 9.17) is 26.8 Å².